The van der Waals surface area contributed by atoms with Gasteiger partial charge in [0.15, 0.2) is 11.6 Å². The molecule has 0 aliphatic carbocycles. The quantitative estimate of drug-likeness (QED) is 0.711. The summed E-state index contributed by atoms with van der Waals surface area (Å²) in [6.07, 6.45) is -0.0545. The number of hydrogen-bond donors (Lipinski definition) is 0. The van der Waals surface area contributed by atoms with Crippen LogP contribution in [0.1, 0.15) is 33.2 Å². The smallest absolute Gasteiger partial charge is 0.243 e. The molecule has 3 rings (SSSR count). The van der Waals surface area contributed by atoms with E-state index in [0.29, 0.717) is 43.0 Å². The molecule has 0 aromatic heterocycles. The van der Waals surface area contributed by atoms with E-state index in [1.165, 1.54) is 17.3 Å². The Bertz CT molecular complexity index is 962. The number of Topliss-reactive ketones (excluding diaryl/α,β-unsaturated/α-hetero) is 2. The van der Waals surface area contributed by atoms with Gasteiger partial charge in [0.1, 0.15) is 0 Å². The molecule has 27 heavy (non-hydrogen) atoms. The molecule has 1 saturated heterocycles. The Morgan fingerprint density at radius 1 is 1.00 bits per heavy atom. The first-order valence-electron chi connectivity index (χ1n) is 8.69. The van der Waals surface area contributed by atoms with Crippen LogP contribution in [-0.4, -0.2) is 50.6 Å². The summed E-state index contributed by atoms with van der Waals surface area (Å²) in [6, 6.07) is 13.0. The van der Waals surface area contributed by atoms with Crippen molar-refractivity contribution in [3.63, 3.8) is 0 Å². The van der Waals surface area contributed by atoms with Gasteiger partial charge in [-0.2, -0.15) is 4.31 Å². The number of ether oxygens (including phenoxy) is 1. The summed E-state index contributed by atoms with van der Waals surface area (Å²) in [6.45, 7) is 2.75. The Balaban J connectivity index is 1.89. The van der Waals surface area contributed by atoms with E-state index < -0.39 is 10.0 Å². The molecule has 142 valence electrons. The number of ketones is 2. The van der Waals surface area contributed by atoms with Crippen LogP contribution in [0.2, 0.25) is 0 Å². The SMILES string of the molecule is CC(=O)c1cccc(C(=O)Cc2ccccc2S(=O)(=O)N2CCOCC2)c1. The van der Waals surface area contributed by atoms with E-state index >= 15 is 0 Å². The lowest BCUT2D eigenvalue weighted by molar-refractivity contribution is 0.0730. The van der Waals surface area contributed by atoms with Gasteiger partial charge >= 0.3 is 0 Å². The molecule has 7 heteroatoms. The largest absolute Gasteiger partial charge is 0.379 e. The van der Waals surface area contributed by atoms with Gasteiger partial charge in [-0.25, -0.2) is 8.42 Å². The van der Waals surface area contributed by atoms with Crippen LogP contribution in [0.4, 0.5) is 0 Å². The summed E-state index contributed by atoms with van der Waals surface area (Å²) < 4.78 is 32.6. The van der Waals surface area contributed by atoms with Crippen LogP contribution in [0.5, 0.6) is 0 Å². The molecule has 0 N–H and O–H groups in total. The average Bonchev–Trinajstić information content (AvgIpc) is 2.69. The first kappa shape index (κ1) is 19.4. The minimum Gasteiger partial charge on any atom is -0.379 e. The molecule has 0 saturated carbocycles. The third-order valence-corrected chi connectivity index (χ3v) is 6.50. The van der Waals surface area contributed by atoms with Gasteiger partial charge in [0.05, 0.1) is 18.1 Å². The highest BCUT2D eigenvalue weighted by molar-refractivity contribution is 7.89. The van der Waals surface area contributed by atoms with E-state index in [-0.39, 0.29) is 22.9 Å². The van der Waals surface area contributed by atoms with Crippen LogP contribution in [-0.2, 0) is 21.2 Å². The molecule has 1 heterocycles. The van der Waals surface area contributed by atoms with Crippen LogP contribution in [0.15, 0.2) is 53.4 Å². The molecule has 2 aromatic carbocycles. The third-order valence-electron chi connectivity index (χ3n) is 4.50. The molecule has 6 nitrogen and oxygen atoms in total. The number of carbonyl (C=O) groups excluding carboxylic acids is 2. The fraction of sp³-hybridized carbons (Fsp3) is 0.300. The number of sulfonamides is 1. The zero-order valence-corrected chi connectivity index (χ0v) is 15.9. The fourth-order valence-corrected chi connectivity index (χ4v) is 4.64. The molecule has 1 aliphatic rings. The molecular weight excluding hydrogens is 366 g/mol. The number of hydrogen-bond acceptors (Lipinski definition) is 5. The second kappa shape index (κ2) is 8.12. The third kappa shape index (κ3) is 4.32. The molecule has 1 aliphatic heterocycles. The van der Waals surface area contributed by atoms with Gasteiger partial charge in [0.25, 0.3) is 0 Å². The fourth-order valence-electron chi connectivity index (χ4n) is 3.01. The van der Waals surface area contributed by atoms with Crippen molar-refractivity contribution >= 4 is 21.6 Å². The van der Waals surface area contributed by atoms with Crippen LogP contribution in [0, 0.1) is 0 Å². The Labute approximate surface area is 158 Å². The second-order valence-corrected chi connectivity index (χ2v) is 8.27. The molecule has 0 unspecified atom stereocenters. The van der Waals surface area contributed by atoms with E-state index in [1.807, 2.05) is 0 Å². The Morgan fingerprint density at radius 3 is 2.37 bits per heavy atom. The van der Waals surface area contributed by atoms with Gasteiger partial charge in [-0.15, -0.1) is 0 Å². The zero-order valence-electron chi connectivity index (χ0n) is 15.1. The predicted molar refractivity (Wildman–Crippen MR) is 101 cm³/mol. The maximum atomic E-state index is 13.0. The number of morpholine rings is 1. The van der Waals surface area contributed by atoms with Crippen molar-refractivity contribution in [2.24, 2.45) is 0 Å². The summed E-state index contributed by atoms with van der Waals surface area (Å²) >= 11 is 0. The number of nitrogens with zero attached hydrogens (tertiary/aromatic N) is 1. The van der Waals surface area contributed by atoms with Crippen molar-refractivity contribution in [1.29, 1.82) is 0 Å². The van der Waals surface area contributed by atoms with Crippen LogP contribution in [0.25, 0.3) is 0 Å². The molecule has 0 amide bonds. The van der Waals surface area contributed by atoms with Crippen molar-refractivity contribution in [2.45, 2.75) is 18.2 Å². The predicted octanol–water partition coefficient (Wildman–Crippen LogP) is 2.34. The monoisotopic (exact) mass is 387 g/mol. The zero-order chi connectivity index (χ0) is 19.4. The highest BCUT2D eigenvalue weighted by Crippen LogP contribution is 2.23. The number of rotatable bonds is 6. The highest BCUT2D eigenvalue weighted by Gasteiger charge is 2.28. The standard InChI is InChI=1S/C20H21NO5S/c1-15(22)16-6-4-7-17(13-16)19(23)14-18-5-2-3-8-20(18)27(24,25)21-9-11-26-12-10-21/h2-8,13H,9-12,14H2,1H3. The molecular formula is C20H21NO5S. The van der Waals surface area contributed by atoms with Gasteiger partial charge < -0.3 is 4.74 Å². The van der Waals surface area contributed by atoms with E-state index in [1.54, 1.807) is 42.5 Å². The van der Waals surface area contributed by atoms with Gasteiger partial charge in [-0.05, 0) is 24.6 Å². The number of carbonyl (C=O) groups is 2. The van der Waals surface area contributed by atoms with E-state index in [2.05, 4.69) is 0 Å². The first-order valence-corrected chi connectivity index (χ1v) is 10.1. The minimum absolute atomic E-state index is 0.0545. The van der Waals surface area contributed by atoms with E-state index in [4.69, 9.17) is 4.74 Å². The van der Waals surface area contributed by atoms with Crippen molar-refractivity contribution in [3.05, 3.63) is 65.2 Å². The maximum absolute atomic E-state index is 13.0. The van der Waals surface area contributed by atoms with Crippen molar-refractivity contribution in [1.82, 2.24) is 4.31 Å². The van der Waals surface area contributed by atoms with Crippen molar-refractivity contribution in [3.8, 4) is 0 Å². The molecule has 1 fully saturated rings. The van der Waals surface area contributed by atoms with Crippen LogP contribution < -0.4 is 0 Å². The summed E-state index contributed by atoms with van der Waals surface area (Å²) in [5.74, 6) is -0.359. The summed E-state index contributed by atoms with van der Waals surface area (Å²) in [5, 5.41) is 0. The van der Waals surface area contributed by atoms with Gasteiger partial charge in [-0.3, -0.25) is 9.59 Å². The van der Waals surface area contributed by atoms with Gasteiger partial charge in [-0.1, -0.05) is 36.4 Å². The maximum Gasteiger partial charge on any atom is 0.243 e. The lowest BCUT2D eigenvalue weighted by atomic mass is 10.0. The Hall–Kier alpha value is -2.35. The van der Waals surface area contributed by atoms with Crippen molar-refractivity contribution < 1.29 is 22.7 Å². The van der Waals surface area contributed by atoms with Crippen LogP contribution in [0.3, 0.4) is 0 Å². The lowest BCUT2D eigenvalue weighted by Gasteiger charge is -2.26. The number of benzene rings is 2. The second-order valence-electron chi connectivity index (χ2n) is 6.36. The van der Waals surface area contributed by atoms with Gasteiger partial charge in [0, 0.05) is 30.6 Å². The summed E-state index contributed by atoms with van der Waals surface area (Å²) in [7, 11) is -3.70. The molecule has 2 aromatic rings. The highest BCUT2D eigenvalue weighted by atomic mass is 32.2. The van der Waals surface area contributed by atoms with E-state index in [9.17, 15) is 18.0 Å². The molecule has 0 bridgehead atoms. The lowest BCUT2D eigenvalue weighted by Crippen LogP contribution is -2.41. The molecule has 0 spiro atoms. The van der Waals surface area contributed by atoms with E-state index in [0.717, 1.165) is 0 Å². The Kier molecular flexibility index (Phi) is 5.84. The van der Waals surface area contributed by atoms with Gasteiger partial charge in [0.2, 0.25) is 10.0 Å². The normalized spacial score (nSPS) is 15.4. The average molecular weight is 387 g/mol. The van der Waals surface area contributed by atoms with Crippen LogP contribution >= 0.6 is 0 Å². The summed E-state index contributed by atoms with van der Waals surface area (Å²) in [5.41, 5.74) is 1.29. The molecule has 0 radical (unpaired) electrons. The molecule has 0 atom stereocenters. The summed E-state index contributed by atoms with van der Waals surface area (Å²) in [4.78, 5) is 24.4. The first-order chi connectivity index (χ1) is 12.9. The minimum atomic E-state index is -3.70. The topological polar surface area (TPSA) is 80.8 Å². The Morgan fingerprint density at radius 2 is 1.67 bits per heavy atom. The van der Waals surface area contributed by atoms with Crippen molar-refractivity contribution in [2.75, 3.05) is 26.3 Å².